The summed E-state index contributed by atoms with van der Waals surface area (Å²) in [6, 6.07) is 2.00. The van der Waals surface area contributed by atoms with Crippen LogP contribution in [0.5, 0.6) is 0 Å². The number of sulfonamides is 1. The van der Waals surface area contributed by atoms with Gasteiger partial charge < -0.3 is 17.2 Å². The summed E-state index contributed by atoms with van der Waals surface area (Å²) in [5, 5.41) is 4.73. The lowest BCUT2D eigenvalue weighted by Gasteiger charge is -2.07. The molecule has 1 aromatic rings. The van der Waals surface area contributed by atoms with Crippen LogP contribution in [0.15, 0.2) is 22.0 Å². The van der Waals surface area contributed by atoms with Crippen LogP contribution in [0.2, 0.25) is 5.02 Å². The summed E-state index contributed by atoms with van der Waals surface area (Å²) in [5.41, 5.74) is 15.3. The van der Waals surface area contributed by atoms with Gasteiger partial charge in [-0.3, -0.25) is 4.79 Å². The number of hydrogen-bond acceptors (Lipinski definition) is 4. The largest absolute Gasteiger partial charge is 0.398 e. The zero-order chi connectivity index (χ0) is 14.1. The number of carbonyl (C=O) groups excluding carboxylic acids is 1. The number of aliphatic imine (C=N–C) groups is 1. The van der Waals surface area contributed by atoms with Gasteiger partial charge in [-0.1, -0.05) is 11.6 Å². The van der Waals surface area contributed by atoms with Gasteiger partial charge in [-0.05, 0) is 12.1 Å². The molecule has 0 aliphatic heterocycles. The van der Waals surface area contributed by atoms with Crippen LogP contribution >= 0.6 is 11.6 Å². The lowest BCUT2D eigenvalue weighted by molar-refractivity contribution is 0.100. The summed E-state index contributed by atoms with van der Waals surface area (Å²) in [5.74, 6) is -1.37. The number of guanidine groups is 1. The summed E-state index contributed by atoms with van der Waals surface area (Å²) in [6.45, 7) is 0. The number of nitrogens with two attached hydrogens (primary N) is 4. The molecule has 0 saturated heterocycles. The van der Waals surface area contributed by atoms with Crippen LogP contribution in [0, 0.1) is 0 Å². The van der Waals surface area contributed by atoms with Crippen LogP contribution in [-0.2, 0) is 10.0 Å². The summed E-state index contributed by atoms with van der Waals surface area (Å²) >= 11 is 5.66. The fraction of sp³-hybridized carbons (Fsp3) is 0. The normalized spacial score (nSPS) is 11.0. The lowest BCUT2D eigenvalue weighted by Crippen LogP contribution is -2.24. The van der Waals surface area contributed by atoms with Crippen molar-refractivity contribution in [3.8, 4) is 0 Å². The van der Waals surface area contributed by atoms with Gasteiger partial charge in [0.2, 0.25) is 10.0 Å². The predicted molar refractivity (Wildman–Crippen MR) is 67.4 cm³/mol. The monoisotopic (exact) mass is 291 g/mol. The average Bonchev–Trinajstić information content (AvgIpc) is 2.13. The number of nitrogens with zero attached hydrogens (tertiary/aromatic N) is 1. The molecule has 0 atom stereocenters. The van der Waals surface area contributed by atoms with Crippen molar-refractivity contribution in [2.75, 3.05) is 5.73 Å². The fourth-order valence-electron chi connectivity index (χ4n) is 1.15. The Morgan fingerprint density at radius 1 is 1.28 bits per heavy atom. The second-order valence-electron chi connectivity index (χ2n) is 3.26. The summed E-state index contributed by atoms with van der Waals surface area (Å²) in [4.78, 5) is 14.4. The minimum Gasteiger partial charge on any atom is -0.398 e. The molecule has 1 amide bonds. The number of rotatable bonds is 2. The molecule has 0 fully saturated rings. The molecule has 0 aromatic heterocycles. The van der Waals surface area contributed by atoms with Crippen molar-refractivity contribution in [1.29, 1.82) is 0 Å². The van der Waals surface area contributed by atoms with E-state index in [9.17, 15) is 13.2 Å². The first-order chi connectivity index (χ1) is 8.12. The van der Waals surface area contributed by atoms with Crippen molar-refractivity contribution < 1.29 is 13.2 Å². The van der Waals surface area contributed by atoms with Gasteiger partial charge >= 0.3 is 0 Å². The predicted octanol–water partition coefficient (Wildman–Crippen LogP) is -1.02. The molecular formula is C8H10ClN5O3S. The van der Waals surface area contributed by atoms with E-state index in [0.717, 1.165) is 12.1 Å². The highest BCUT2D eigenvalue weighted by atomic mass is 35.5. The number of primary sulfonamides is 1. The van der Waals surface area contributed by atoms with Crippen molar-refractivity contribution in [2.45, 2.75) is 4.90 Å². The Morgan fingerprint density at radius 2 is 1.83 bits per heavy atom. The van der Waals surface area contributed by atoms with Gasteiger partial charge in [0.05, 0.1) is 10.6 Å². The molecule has 1 aromatic carbocycles. The van der Waals surface area contributed by atoms with Crippen LogP contribution in [0.25, 0.3) is 0 Å². The Balaban J connectivity index is 3.49. The van der Waals surface area contributed by atoms with Crippen molar-refractivity contribution in [1.82, 2.24) is 0 Å². The lowest BCUT2D eigenvalue weighted by atomic mass is 10.2. The average molecular weight is 292 g/mol. The number of hydrogen-bond donors (Lipinski definition) is 4. The van der Waals surface area contributed by atoms with Crippen molar-refractivity contribution in [3.63, 3.8) is 0 Å². The Morgan fingerprint density at radius 3 is 2.28 bits per heavy atom. The maximum Gasteiger partial charge on any atom is 0.282 e. The van der Waals surface area contributed by atoms with Crippen molar-refractivity contribution in [3.05, 3.63) is 22.7 Å². The number of nitrogen functional groups attached to an aromatic ring is 1. The van der Waals surface area contributed by atoms with E-state index in [2.05, 4.69) is 4.99 Å². The summed E-state index contributed by atoms with van der Waals surface area (Å²) < 4.78 is 22.4. The van der Waals surface area contributed by atoms with Gasteiger partial charge in [0.25, 0.3) is 5.91 Å². The van der Waals surface area contributed by atoms with Crippen LogP contribution in [0.3, 0.4) is 0 Å². The molecule has 10 heteroatoms. The van der Waals surface area contributed by atoms with Gasteiger partial charge in [-0.25, -0.2) is 13.6 Å². The number of amides is 1. The fourth-order valence-corrected chi connectivity index (χ4v) is 2.26. The third-order valence-corrected chi connectivity index (χ3v) is 3.25. The molecule has 0 saturated carbocycles. The molecule has 8 nitrogen and oxygen atoms in total. The van der Waals surface area contributed by atoms with E-state index in [1.54, 1.807) is 0 Å². The Kier molecular flexibility index (Phi) is 3.79. The number of halogens is 1. The quantitative estimate of drug-likeness (QED) is 0.309. The van der Waals surface area contributed by atoms with E-state index in [4.69, 9.17) is 33.9 Å². The Labute approximate surface area is 108 Å². The third-order valence-electron chi connectivity index (χ3n) is 1.87. The zero-order valence-corrected chi connectivity index (χ0v) is 10.5. The molecule has 0 aliphatic carbocycles. The first-order valence-electron chi connectivity index (χ1n) is 4.38. The molecular weight excluding hydrogens is 282 g/mol. The van der Waals surface area contributed by atoms with Crippen LogP contribution in [0.4, 0.5) is 5.69 Å². The Bertz CT molecular complexity index is 636. The second kappa shape index (κ2) is 4.80. The minimum absolute atomic E-state index is 0.0672. The molecule has 98 valence electrons. The summed E-state index contributed by atoms with van der Waals surface area (Å²) in [6.07, 6.45) is 0. The standard InChI is InChI=1S/C8H10ClN5O3S/c9-4-2-5(10)3(7(15)14-8(11)12)1-6(4)18(13,16)17/h1-2H,10H2,(H2,13,16,17)(H4,11,12,14,15). The first-order valence-corrected chi connectivity index (χ1v) is 6.31. The van der Waals surface area contributed by atoms with Gasteiger partial charge in [0.15, 0.2) is 5.96 Å². The minimum atomic E-state index is -4.09. The topological polar surface area (TPSA) is 168 Å². The van der Waals surface area contributed by atoms with Gasteiger partial charge in [0, 0.05) is 5.69 Å². The molecule has 8 N–H and O–H groups in total. The highest BCUT2D eigenvalue weighted by Crippen LogP contribution is 2.26. The Hall–Kier alpha value is -1.84. The van der Waals surface area contributed by atoms with Gasteiger partial charge in [0.1, 0.15) is 4.90 Å². The molecule has 0 spiro atoms. The summed E-state index contributed by atoms with van der Waals surface area (Å²) in [7, 11) is -4.09. The second-order valence-corrected chi connectivity index (χ2v) is 5.19. The van der Waals surface area contributed by atoms with E-state index in [1.807, 2.05) is 0 Å². The maximum atomic E-state index is 11.6. The molecule has 0 bridgehead atoms. The van der Waals surface area contributed by atoms with Crippen LogP contribution < -0.4 is 22.3 Å². The molecule has 1 rings (SSSR count). The van der Waals surface area contributed by atoms with Crippen molar-refractivity contribution in [2.24, 2.45) is 21.6 Å². The molecule has 18 heavy (non-hydrogen) atoms. The highest BCUT2D eigenvalue weighted by molar-refractivity contribution is 7.89. The highest BCUT2D eigenvalue weighted by Gasteiger charge is 2.19. The zero-order valence-electron chi connectivity index (χ0n) is 8.92. The van der Waals surface area contributed by atoms with Crippen LogP contribution in [0.1, 0.15) is 10.4 Å². The third kappa shape index (κ3) is 3.09. The smallest absolute Gasteiger partial charge is 0.282 e. The number of anilines is 1. The molecule has 0 radical (unpaired) electrons. The number of carbonyl (C=O) groups is 1. The first kappa shape index (κ1) is 14.2. The van der Waals surface area contributed by atoms with E-state index in [0.29, 0.717) is 0 Å². The van der Waals surface area contributed by atoms with E-state index in [-0.39, 0.29) is 16.3 Å². The van der Waals surface area contributed by atoms with Crippen molar-refractivity contribution >= 4 is 39.2 Å². The van der Waals surface area contributed by atoms with Gasteiger partial charge in [-0.15, -0.1) is 0 Å². The maximum absolute atomic E-state index is 11.6. The van der Waals surface area contributed by atoms with E-state index < -0.39 is 26.8 Å². The van der Waals surface area contributed by atoms with E-state index >= 15 is 0 Å². The molecule has 0 unspecified atom stereocenters. The SMILES string of the molecule is NC(N)=NC(=O)c1cc(S(N)(=O)=O)c(Cl)cc1N. The molecule has 0 aliphatic rings. The van der Waals surface area contributed by atoms with Crippen LogP contribution in [-0.4, -0.2) is 20.3 Å². The van der Waals surface area contributed by atoms with Gasteiger partial charge in [-0.2, -0.15) is 4.99 Å². The molecule has 0 heterocycles. The number of benzene rings is 1. The van der Waals surface area contributed by atoms with E-state index in [1.165, 1.54) is 0 Å².